The van der Waals surface area contributed by atoms with E-state index in [2.05, 4.69) is 28.2 Å². The molecule has 2 aromatic rings. The van der Waals surface area contributed by atoms with Crippen molar-refractivity contribution in [2.75, 3.05) is 18.5 Å². The van der Waals surface area contributed by atoms with Crippen molar-refractivity contribution >= 4 is 46.6 Å². The number of hydrogen-bond acceptors (Lipinski definition) is 7. The van der Waals surface area contributed by atoms with Gasteiger partial charge < -0.3 is 15.4 Å². The van der Waals surface area contributed by atoms with E-state index < -0.39 is 28.1 Å². The summed E-state index contributed by atoms with van der Waals surface area (Å²) in [6.45, 7) is 2.17. The number of urea groups is 2. The molecule has 0 atom stereocenters. The van der Waals surface area contributed by atoms with Crippen molar-refractivity contribution in [3.8, 4) is 0 Å². The summed E-state index contributed by atoms with van der Waals surface area (Å²) in [5.41, 5.74) is 1.25. The highest BCUT2D eigenvalue weighted by Crippen LogP contribution is 2.13. The summed E-state index contributed by atoms with van der Waals surface area (Å²) in [6, 6.07) is 10.4. The van der Waals surface area contributed by atoms with Crippen LogP contribution in [0.5, 0.6) is 0 Å². The van der Waals surface area contributed by atoms with E-state index in [9.17, 15) is 22.8 Å². The summed E-state index contributed by atoms with van der Waals surface area (Å²) >= 11 is 3.58. The minimum atomic E-state index is -4.04. The molecule has 0 fully saturated rings. The molecule has 0 saturated carbocycles. The number of hydrogen-bond donors (Lipinski definition) is 5. The number of anilines is 1. The molecule has 2 aromatic carbocycles. The molecule has 0 aliphatic heterocycles. The second-order valence-electron chi connectivity index (χ2n) is 6.31. The lowest BCUT2D eigenvalue weighted by Gasteiger charge is -2.10. The van der Waals surface area contributed by atoms with Crippen LogP contribution in [0.1, 0.15) is 22.3 Å². The number of nitrogens with one attached hydrogen (secondary N) is 4. The van der Waals surface area contributed by atoms with Crippen molar-refractivity contribution < 1.29 is 27.5 Å². The largest absolute Gasteiger partial charge is 0.462 e. The number of aryl methyl sites for hydroxylation is 1. The van der Waals surface area contributed by atoms with Gasteiger partial charge in [-0.1, -0.05) is 36.6 Å². The maximum Gasteiger partial charge on any atom is 0.338 e. The second-order valence-corrected chi connectivity index (χ2v) is 8.22. The van der Waals surface area contributed by atoms with Crippen LogP contribution in [0.2, 0.25) is 0 Å². The zero-order valence-corrected chi connectivity index (χ0v) is 18.3. The van der Waals surface area contributed by atoms with Gasteiger partial charge in [-0.3, -0.25) is 4.72 Å². The van der Waals surface area contributed by atoms with E-state index in [1.165, 1.54) is 36.4 Å². The fraction of sp³-hybridized carbons (Fsp3) is 0.211. The molecule has 0 saturated heterocycles. The molecular weight excluding hydrogens is 444 g/mol. The highest BCUT2D eigenvalue weighted by molar-refractivity contribution is 7.90. The van der Waals surface area contributed by atoms with E-state index in [1.807, 2.05) is 11.6 Å². The first-order valence-corrected chi connectivity index (χ1v) is 11.0. The van der Waals surface area contributed by atoms with Crippen LogP contribution in [-0.4, -0.2) is 39.6 Å². The number of sulfonamides is 1. The second kappa shape index (κ2) is 11.2. The van der Waals surface area contributed by atoms with Gasteiger partial charge in [-0.2, -0.15) is 0 Å². The summed E-state index contributed by atoms with van der Waals surface area (Å²) in [4.78, 5) is 35.1. The van der Waals surface area contributed by atoms with Gasteiger partial charge >= 0.3 is 18.0 Å². The predicted molar refractivity (Wildman–Crippen MR) is 117 cm³/mol. The Bertz CT molecular complexity index is 1040. The standard InChI is InChI=1S/C19H22N4O6S2/c1-13-6-8-16(9-7-13)31(27,28)23-19(26)21-15-5-2-4-14(12-15)17(24)29-11-3-10-20-18(25)22-30/h2,4-9,12,30H,3,10-11H2,1H3,(H2,20,22,25)(H2,21,23,26). The number of ether oxygens (including phenoxy) is 1. The lowest BCUT2D eigenvalue weighted by atomic mass is 10.2. The number of carbonyl (C=O) groups excluding carboxylic acids is 3. The molecule has 4 amide bonds. The Labute approximate surface area is 185 Å². The van der Waals surface area contributed by atoms with Gasteiger partial charge in [0.2, 0.25) is 0 Å². The van der Waals surface area contributed by atoms with E-state index >= 15 is 0 Å². The zero-order valence-electron chi connectivity index (χ0n) is 16.5. The van der Waals surface area contributed by atoms with Crippen molar-refractivity contribution in [3.63, 3.8) is 0 Å². The number of thiol groups is 1. The first-order valence-electron chi connectivity index (χ1n) is 9.07. The van der Waals surface area contributed by atoms with Gasteiger partial charge in [-0.25, -0.2) is 27.5 Å². The van der Waals surface area contributed by atoms with E-state index in [4.69, 9.17) is 4.74 Å². The predicted octanol–water partition coefficient (Wildman–Crippen LogP) is 2.20. The lowest BCUT2D eigenvalue weighted by molar-refractivity contribution is 0.0501. The molecule has 31 heavy (non-hydrogen) atoms. The van der Waals surface area contributed by atoms with Gasteiger partial charge in [-0.05, 0) is 43.7 Å². The Morgan fingerprint density at radius 3 is 2.42 bits per heavy atom. The van der Waals surface area contributed by atoms with Gasteiger partial charge in [0.05, 0.1) is 17.1 Å². The third kappa shape index (κ3) is 7.83. The van der Waals surface area contributed by atoms with Gasteiger partial charge in [0, 0.05) is 12.2 Å². The zero-order chi connectivity index (χ0) is 22.9. The molecule has 4 N–H and O–H groups in total. The lowest BCUT2D eigenvalue weighted by Crippen LogP contribution is -2.34. The summed E-state index contributed by atoms with van der Waals surface area (Å²) in [7, 11) is -4.04. The van der Waals surface area contributed by atoms with E-state index in [0.29, 0.717) is 6.42 Å². The fourth-order valence-electron chi connectivity index (χ4n) is 2.34. The van der Waals surface area contributed by atoms with Crippen LogP contribution in [0, 0.1) is 6.92 Å². The molecule has 10 nitrogen and oxygen atoms in total. The Kier molecular flexibility index (Phi) is 8.70. The van der Waals surface area contributed by atoms with Gasteiger partial charge in [0.25, 0.3) is 10.0 Å². The molecular formula is C19H22N4O6S2. The molecule has 0 unspecified atom stereocenters. The maximum absolute atomic E-state index is 12.3. The number of esters is 1. The molecule has 166 valence electrons. The maximum atomic E-state index is 12.3. The first-order chi connectivity index (χ1) is 14.7. The first kappa shape index (κ1) is 24.0. The molecule has 0 heterocycles. The molecule has 12 heteroatoms. The Hall–Kier alpha value is -3.25. The highest BCUT2D eigenvalue weighted by atomic mass is 32.2. The summed E-state index contributed by atoms with van der Waals surface area (Å²) in [5, 5.41) is 4.86. The average molecular weight is 467 g/mol. The van der Waals surface area contributed by atoms with Crippen molar-refractivity contribution in [1.82, 2.24) is 14.8 Å². The molecule has 0 aromatic heterocycles. The van der Waals surface area contributed by atoms with Gasteiger partial charge in [0.1, 0.15) is 0 Å². The van der Waals surface area contributed by atoms with Crippen molar-refractivity contribution in [3.05, 3.63) is 59.7 Å². The third-order valence-corrected chi connectivity index (χ3v) is 5.41. The number of carbonyl (C=O) groups is 3. The molecule has 0 aliphatic rings. The van der Waals surface area contributed by atoms with Crippen LogP contribution in [-0.2, 0) is 14.8 Å². The Balaban J connectivity index is 1.89. The monoisotopic (exact) mass is 466 g/mol. The molecule has 2 rings (SSSR count). The molecule has 0 radical (unpaired) electrons. The minimum Gasteiger partial charge on any atom is -0.462 e. The van der Waals surface area contributed by atoms with Crippen LogP contribution in [0.15, 0.2) is 53.4 Å². The Morgan fingerprint density at radius 2 is 1.74 bits per heavy atom. The van der Waals surface area contributed by atoms with Crippen molar-refractivity contribution in [2.45, 2.75) is 18.2 Å². The van der Waals surface area contributed by atoms with E-state index in [0.717, 1.165) is 5.56 Å². The van der Waals surface area contributed by atoms with Crippen LogP contribution in [0.4, 0.5) is 15.3 Å². The topological polar surface area (TPSA) is 143 Å². The normalized spacial score (nSPS) is 10.6. The third-order valence-electron chi connectivity index (χ3n) is 3.86. The SMILES string of the molecule is Cc1ccc(S(=O)(=O)NC(=O)Nc2cccc(C(=O)OCCCNC(=O)NS)c2)cc1. The van der Waals surface area contributed by atoms with Crippen molar-refractivity contribution in [2.24, 2.45) is 0 Å². The number of rotatable bonds is 8. The van der Waals surface area contributed by atoms with Gasteiger partial charge in [-0.15, -0.1) is 0 Å². The van der Waals surface area contributed by atoms with Crippen LogP contribution < -0.4 is 20.1 Å². The van der Waals surface area contributed by atoms with E-state index in [1.54, 1.807) is 12.1 Å². The number of amides is 4. The van der Waals surface area contributed by atoms with E-state index in [-0.39, 0.29) is 29.3 Å². The van der Waals surface area contributed by atoms with Crippen LogP contribution in [0.3, 0.4) is 0 Å². The minimum absolute atomic E-state index is 0.0491. The quantitative estimate of drug-likeness (QED) is 0.229. The smallest absolute Gasteiger partial charge is 0.338 e. The summed E-state index contributed by atoms with van der Waals surface area (Å²) in [5.74, 6) is -0.630. The molecule has 0 bridgehead atoms. The molecule has 0 aliphatic carbocycles. The van der Waals surface area contributed by atoms with Gasteiger partial charge in [0.15, 0.2) is 0 Å². The average Bonchev–Trinajstić information content (AvgIpc) is 2.73. The summed E-state index contributed by atoms with van der Waals surface area (Å²) in [6.07, 6.45) is 0.393. The van der Waals surface area contributed by atoms with Crippen LogP contribution in [0.25, 0.3) is 0 Å². The number of benzene rings is 2. The fourth-order valence-corrected chi connectivity index (χ4v) is 3.33. The Morgan fingerprint density at radius 1 is 1.03 bits per heavy atom. The molecule has 0 spiro atoms. The highest BCUT2D eigenvalue weighted by Gasteiger charge is 2.18. The van der Waals surface area contributed by atoms with Crippen LogP contribution >= 0.6 is 12.8 Å². The summed E-state index contributed by atoms with van der Waals surface area (Å²) < 4.78 is 33.7. The van der Waals surface area contributed by atoms with Crippen molar-refractivity contribution in [1.29, 1.82) is 0 Å².